The molecule has 7 heteroatoms. The third kappa shape index (κ3) is 2.89. The van der Waals surface area contributed by atoms with E-state index < -0.39 is 17.3 Å². The van der Waals surface area contributed by atoms with Crippen LogP contribution in [0.25, 0.3) is 16.2 Å². The number of carbonyl (C=O) groups excluding carboxylic acids is 1. The molecular formula is C19H12FN3O2S. The van der Waals surface area contributed by atoms with E-state index in [4.69, 9.17) is 0 Å². The smallest absolute Gasteiger partial charge is 0.271 e. The number of fused-ring (bicyclic) bond motifs is 1. The van der Waals surface area contributed by atoms with Crippen molar-refractivity contribution in [3.8, 4) is 11.3 Å². The SMILES string of the molecule is O=C(Nc1cccc(F)c1)c1cnc2scc(-c3ccccc3)n2c1=O. The van der Waals surface area contributed by atoms with Crippen LogP contribution in [0.4, 0.5) is 10.1 Å². The van der Waals surface area contributed by atoms with Gasteiger partial charge in [-0.3, -0.25) is 14.0 Å². The number of hydrogen-bond acceptors (Lipinski definition) is 4. The number of carbonyl (C=O) groups is 1. The molecule has 1 amide bonds. The normalized spacial score (nSPS) is 10.8. The van der Waals surface area contributed by atoms with Crippen molar-refractivity contribution >= 4 is 27.9 Å². The van der Waals surface area contributed by atoms with Gasteiger partial charge in [0.25, 0.3) is 11.5 Å². The lowest BCUT2D eigenvalue weighted by atomic mass is 10.2. The summed E-state index contributed by atoms with van der Waals surface area (Å²) >= 11 is 1.32. The Balaban J connectivity index is 1.78. The summed E-state index contributed by atoms with van der Waals surface area (Å²) in [6.45, 7) is 0. The maximum Gasteiger partial charge on any atom is 0.271 e. The van der Waals surface area contributed by atoms with Gasteiger partial charge in [0.15, 0.2) is 4.96 Å². The standard InChI is InChI=1S/C19H12FN3O2S/c20-13-7-4-8-14(9-13)22-17(24)15-10-21-19-23(18(15)25)16(11-26-19)12-5-2-1-3-6-12/h1-11H,(H,22,24). The summed E-state index contributed by atoms with van der Waals surface area (Å²) in [4.78, 5) is 30.1. The summed E-state index contributed by atoms with van der Waals surface area (Å²) in [5.41, 5.74) is 1.22. The van der Waals surface area contributed by atoms with E-state index in [1.54, 1.807) is 6.07 Å². The van der Waals surface area contributed by atoms with Crippen LogP contribution in [-0.4, -0.2) is 15.3 Å². The van der Waals surface area contributed by atoms with Crippen LogP contribution in [0.1, 0.15) is 10.4 Å². The van der Waals surface area contributed by atoms with Gasteiger partial charge in [-0.1, -0.05) is 36.4 Å². The first kappa shape index (κ1) is 16.2. The minimum absolute atomic E-state index is 0.109. The first-order valence-electron chi connectivity index (χ1n) is 7.75. The van der Waals surface area contributed by atoms with Gasteiger partial charge in [0.05, 0.1) is 5.69 Å². The molecule has 2 heterocycles. The largest absolute Gasteiger partial charge is 0.322 e. The highest BCUT2D eigenvalue weighted by molar-refractivity contribution is 7.15. The van der Waals surface area contributed by atoms with E-state index in [9.17, 15) is 14.0 Å². The fraction of sp³-hybridized carbons (Fsp3) is 0. The summed E-state index contributed by atoms with van der Waals surface area (Å²) in [5.74, 6) is -1.11. The van der Waals surface area contributed by atoms with Gasteiger partial charge in [0.2, 0.25) is 0 Å². The number of aromatic nitrogens is 2. The van der Waals surface area contributed by atoms with Crippen LogP contribution in [0.2, 0.25) is 0 Å². The summed E-state index contributed by atoms with van der Waals surface area (Å²) in [5, 5.41) is 4.35. The zero-order chi connectivity index (χ0) is 18.1. The highest BCUT2D eigenvalue weighted by Crippen LogP contribution is 2.23. The lowest BCUT2D eigenvalue weighted by molar-refractivity contribution is 0.102. The summed E-state index contributed by atoms with van der Waals surface area (Å²) in [6, 6.07) is 14.9. The Labute approximate surface area is 151 Å². The van der Waals surface area contributed by atoms with E-state index in [1.165, 1.54) is 40.1 Å². The molecule has 0 radical (unpaired) electrons. The predicted octanol–water partition coefficient (Wildman–Crippen LogP) is 3.81. The molecule has 128 valence electrons. The van der Waals surface area contributed by atoms with Crippen LogP contribution >= 0.6 is 11.3 Å². The minimum Gasteiger partial charge on any atom is -0.322 e. The highest BCUT2D eigenvalue weighted by Gasteiger charge is 2.17. The molecule has 26 heavy (non-hydrogen) atoms. The van der Waals surface area contributed by atoms with E-state index in [0.29, 0.717) is 10.7 Å². The molecule has 0 saturated heterocycles. The summed E-state index contributed by atoms with van der Waals surface area (Å²) < 4.78 is 14.7. The minimum atomic E-state index is -0.632. The van der Waals surface area contributed by atoms with Gasteiger partial charge >= 0.3 is 0 Å². The summed E-state index contributed by atoms with van der Waals surface area (Å²) in [7, 11) is 0. The summed E-state index contributed by atoms with van der Waals surface area (Å²) in [6.07, 6.45) is 1.25. The number of benzene rings is 2. The second-order valence-corrected chi connectivity index (χ2v) is 6.38. The van der Waals surface area contributed by atoms with E-state index >= 15 is 0 Å². The van der Waals surface area contributed by atoms with Crippen molar-refractivity contribution in [2.75, 3.05) is 5.32 Å². The third-order valence-electron chi connectivity index (χ3n) is 3.84. The van der Waals surface area contributed by atoms with Gasteiger partial charge in [-0.2, -0.15) is 0 Å². The number of halogens is 1. The van der Waals surface area contributed by atoms with Crippen molar-refractivity contribution < 1.29 is 9.18 Å². The van der Waals surface area contributed by atoms with Gasteiger partial charge in [-0.05, 0) is 23.8 Å². The average Bonchev–Trinajstić information content (AvgIpc) is 3.08. The monoisotopic (exact) mass is 365 g/mol. The van der Waals surface area contributed by atoms with Gasteiger partial charge < -0.3 is 5.32 Å². The van der Waals surface area contributed by atoms with Crippen LogP contribution in [0.15, 0.2) is 71.0 Å². The fourth-order valence-corrected chi connectivity index (χ4v) is 3.48. The topological polar surface area (TPSA) is 63.5 Å². The Morgan fingerprint density at radius 3 is 2.69 bits per heavy atom. The van der Waals surface area contributed by atoms with Crippen LogP contribution < -0.4 is 10.9 Å². The van der Waals surface area contributed by atoms with Crippen molar-refractivity contribution in [3.05, 3.63) is 87.9 Å². The fourth-order valence-electron chi connectivity index (χ4n) is 2.62. The number of amides is 1. The molecule has 0 bridgehead atoms. The average molecular weight is 365 g/mol. The van der Waals surface area contributed by atoms with Gasteiger partial charge in [-0.15, -0.1) is 11.3 Å². The van der Waals surface area contributed by atoms with Crippen LogP contribution in [0, 0.1) is 5.82 Å². The zero-order valence-electron chi connectivity index (χ0n) is 13.3. The van der Waals surface area contributed by atoms with E-state index in [2.05, 4.69) is 10.3 Å². The molecule has 1 N–H and O–H groups in total. The molecular weight excluding hydrogens is 353 g/mol. The number of thiazole rings is 1. The molecule has 0 unspecified atom stereocenters. The molecule has 5 nitrogen and oxygen atoms in total. The Kier molecular flexibility index (Phi) is 4.06. The lowest BCUT2D eigenvalue weighted by Crippen LogP contribution is -2.26. The molecule has 0 aliphatic heterocycles. The van der Waals surface area contributed by atoms with Crippen molar-refractivity contribution in [2.45, 2.75) is 0 Å². The van der Waals surface area contributed by atoms with Crippen molar-refractivity contribution in [1.29, 1.82) is 0 Å². The Bertz CT molecular complexity index is 1170. The number of nitrogens with zero attached hydrogens (tertiary/aromatic N) is 2. The first-order chi connectivity index (χ1) is 12.6. The molecule has 0 spiro atoms. The molecule has 0 fully saturated rings. The third-order valence-corrected chi connectivity index (χ3v) is 4.68. The van der Waals surface area contributed by atoms with Gasteiger partial charge in [0.1, 0.15) is 11.4 Å². The second kappa shape index (κ2) is 6.53. The molecule has 0 saturated carbocycles. The Morgan fingerprint density at radius 2 is 1.92 bits per heavy atom. The Hall–Kier alpha value is -3.32. The van der Waals surface area contributed by atoms with Crippen LogP contribution in [-0.2, 0) is 0 Å². The maximum atomic E-state index is 13.3. The lowest BCUT2D eigenvalue weighted by Gasteiger charge is -2.06. The highest BCUT2D eigenvalue weighted by atomic mass is 32.1. The first-order valence-corrected chi connectivity index (χ1v) is 8.63. The quantitative estimate of drug-likeness (QED) is 0.600. The van der Waals surface area contributed by atoms with Crippen LogP contribution in [0.3, 0.4) is 0 Å². The number of rotatable bonds is 3. The maximum absolute atomic E-state index is 13.3. The number of nitrogens with one attached hydrogen (secondary N) is 1. The zero-order valence-corrected chi connectivity index (χ0v) is 14.2. The molecule has 0 aliphatic carbocycles. The van der Waals surface area contributed by atoms with Gasteiger partial charge in [0, 0.05) is 17.3 Å². The second-order valence-electron chi connectivity index (χ2n) is 5.55. The van der Waals surface area contributed by atoms with Crippen molar-refractivity contribution in [1.82, 2.24) is 9.38 Å². The molecule has 2 aromatic heterocycles. The molecule has 0 aliphatic rings. The van der Waals surface area contributed by atoms with E-state index in [1.807, 2.05) is 35.7 Å². The van der Waals surface area contributed by atoms with Crippen molar-refractivity contribution in [2.24, 2.45) is 0 Å². The molecule has 4 aromatic rings. The van der Waals surface area contributed by atoms with E-state index in [0.717, 1.165) is 5.56 Å². The molecule has 4 rings (SSSR count). The van der Waals surface area contributed by atoms with Gasteiger partial charge in [-0.25, -0.2) is 9.37 Å². The number of hydrogen-bond donors (Lipinski definition) is 1. The van der Waals surface area contributed by atoms with Crippen LogP contribution in [0.5, 0.6) is 0 Å². The molecule has 0 atom stereocenters. The molecule has 2 aromatic carbocycles. The Morgan fingerprint density at radius 1 is 1.12 bits per heavy atom. The van der Waals surface area contributed by atoms with E-state index in [-0.39, 0.29) is 11.3 Å². The predicted molar refractivity (Wildman–Crippen MR) is 99.1 cm³/mol. The number of anilines is 1. The van der Waals surface area contributed by atoms with Crippen molar-refractivity contribution in [3.63, 3.8) is 0 Å².